The Morgan fingerprint density at radius 3 is 2.56 bits per heavy atom. The molecule has 5 nitrogen and oxygen atoms in total. The zero-order valence-electron chi connectivity index (χ0n) is 15.6. The monoisotopic (exact) mass is 385 g/mol. The quantitative estimate of drug-likeness (QED) is 0.564. The van der Waals surface area contributed by atoms with Gasteiger partial charge in [0.25, 0.3) is 5.91 Å². The van der Waals surface area contributed by atoms with Gasteiger partial charge in [0, 0.05) is 24.4 Å². The second-order valence-corrected chi connectivity index (χ2v) is 8.03. The number of hydrogen-bond donors (Lipinski definition) is 0. The maximum atomic E-state index is 12.6. The lowest BCUT2D eigenvalue weighted by atomic mass is 9.99. The summed E-state index contributed by atoms with van der Waals surface area (Å²) in [5.74, 6) is -0.787. The normalized spacial score (nSPS) is 14.4. The Morgan fingerprint density at radius 2 is 1.85 bits per heavy atom. The van der Waals surface area contributed by atoms with Crippen LogP contribution in [-0.4, -0.2) is 35.2 Å². The van der Waals surface area contributed by atoms with Crippen LogP contribution in [0.4, 0.5) is 0 Å². The lowest BCUT2D eigenvalue weighted by Gasteiger charge is -2.30. The van der Waals surface area contributed by atoms with Crippen molar-refractivity contribution in [1.29, 1.82) is 0 Å². The van der Waals surface area contributed by atoms with Gasteiger partial charge in [0.1, 0.15) is 0 Å². The second kappa shape index (κ2) is 8.48. The van der Waals surface area contributed by atoms with Gasteiger partial charge in [-0.1, -0.05) is 24.3 Å². The van der Waals surface area contributed by atoms with Gasteiger partial charge < -0.3 is 9.64 Å². The summed E-state index contributed by atoms with van der Waals surface area (Å²) in [7, 11) is 0. The maximum absolute atomic E-state index is 12.6. The van der Waals surface area contributed by atoms with Crippen molar-refractivity contribution in [3.8, 4) is 0 Å². The standard InChI is InChI=1S/C21H23NO4S/c1-14-7-9-19(27-14)18(23)8-10-20(24)26-15(2)21(25)22-12-11-16-5-3-4-6-17(16)13-22/h3-7,9,15H,8,10-13H2,1-2H3. The molecular formula is C21H23NO4S. The molecule has 0 fully saturated rings. The highest BCUT2D eigenvalue weighted by molar-refractivity contribution is 7.14. The van der Waals surface area contributed by atoms with Crippen LogP contribution < -0.4 is 0 Å². The molecule has 142 valence electrons. The molecule has 6 heteroatoms. The van der Waals surface area contributed by atoms with E-state index in [-0.39, 0.29) is 24.5 Å². The zero-order valence-corrected chi connectivity index (χ0v) is 16.4. The van der Waals surface area contributed by atoms with E-state index in [1.807, 2.05) is 31.2 Å². The molecule has 0 saturated carbocycles. The number of aryl methyl sites for hydroxylation is 1. The predicted octanol–water partition coefficient (Wildman–Crippen LogP) is 3.54. The molecule has 1 atom stereocenters. The van der Waals surface area contributed by atoms with E-state index in [2.05, 4.69) is 6.07 Å². The number of thiophene rings is 1. The summed E-state index contributed by atoms with van der Waals surface area (Å²) in [6, 6.07) is 11.7. The minimum absolute atomic E-state index is 0.0176. The van der Waals surface area contributed by atoms with Crippen LogP contribution >= 0.6 is 11.3 Å². The molecule has 1 amide bonds. The molecule has 2 heterocycles. The molecule has 1 unspecified atom stereocenters. The van der Waals surface area contributed by atoms with Crippen LogP contribution in [0.1, 0.15) is 45.4 Å². The van der Waals surface area contributed by atoms with Gasteiger partial charge in [-0.2, -0.15) is 0 Å². The summed E-state index contributed by atoms with van der Waals surface area (Å²) in [4.78, 5) is 40.1. The molecule has 3 rings (SSSR count). The third-order valence-electron chi connectivity index (χ3n) is 4.67. The number of carbonyl (C=O) groups excluding carboxylic acids is 3. The Balaban J connectivity index is 1.48. The Kier molecular flexibility index (Phi) is 6.06. The van der Waals surface area contributed by atoms with Crippen LogP contribution in [0.15, 0.2) is 36.4 Å². The topological polar surface area (TPSA) is 63.7 Å². The first-order valence-electron chi connectivity index (χ1n) is 9.08. The first kappa shape index (κ1) is 19.3. The minimum atomic E-state index is -0.846. The van der Waals surface area contributed by atoms with E-state index in [0.717, 1.165) is 16.9 Å². The Hall–Kier alpha value is -2.47. The summed E-state index contributed by atoms with van der Waals surface area (Å²) in [5.41, 5.74) is 2.39. The van der Waals surface area contributed by atoms with Crippen molar-refractivity contribution in [3.05, 3.63) is 57.3 Å². The van der Waals surface area contributed by atoms with Gasteiger partial charge >= 0.3 is 5.97 Å². The van der Waals surface area contributed by atoms with Crippen molar-refractivity contribution in [1.82, 2.24) is 4.90 Å². The second-order valence-electron chi connectivity index (χ2n) is 6.74. The fraction of sp³-hybridized carbons (Fsp3) is 0.381. The molecule has 2 aromatic rings. The summed E-state index contributed by atoms with van der Waals surface area (Å²) < 4.78 is 5.27. The Bertz CT molecular complexity index is 857. The van der Waals surface area contributed by atoms with E-state index >= 15 is 0 Å². The summed E-state index contributed by atoms with van der Waals surface area (Å²) in [5, 5.41) is 0. The highest BCUT2D eigenvalue weighted by atomic mass is 32.1. The van der Waals surface area contributed by atoms with Gasteiger partial charge in [-0.25, -0.2) is 0 Å². The van der Waals surface area contributed by atoms with Gasteiger partial charge in [-0.15, -0.1) is 11.3 Å². The van der Waals surface area contributed by atoms with Gasteiger partial charge in [0.05, 0.1) is 11.3 Å². The lowest BCUT2D eigenvalue weighted by Crippen LogP contribution is -2.42. The van der Waals surface area contributed by atoms with Gasteiger partial charge in [-0.3, -0.25) is 14.4 Å². The Morgan fingerprint density at radius 1 is 1.11 bits per heavy atom. The number of fused-ring (bicyclic) bond motifs is 1. The van der Waals surface area contributed by atoms with Gasteiger partial charge in [-0.05, 0) is 43.5 Å². The number of benzene rings is 1. The third-order valence-corrected chi connectivity index (χ3v) is 5.71. The van der Waals surface area contributed by atoms with Crippen molar-refractivity contribution in [3.63, 3.8) is 0 Å². The van der Waals surface area contributed by atoms with E-state index < -0.39 is 12.1 Å². The predicted molar refractivity (Wildman–Crippen MR) is 104 cm³/mol. The van der Waals surface area contributed by atoms with Crippen LogP contribution in [0.25, 0.3) is 0 Å². The summed E-state index contributed by atoms with van der Waals surface area (Å²) >= 11 is 1.42. The molecular weight excluding hydrogens is 362 g/mol. The number of ether oxygens (including phenoxy) is 1. The largest absolute Gasteiger partial charge is 0.453 e. The highest BCUT2D eigenvalue weighted by Gasteiger charge is 2.27. The fourth-order valence-corrected chi connectivity index (χ4v) is 4.01. The molecule has 1 aromatic heterocycles. The number of amides is 1. The molecule has 1 aliphatic rings. The highest BCUT2D eigenvalue weighted by Crippen LogP contribution is 2.20. The average Bonchev–Trinajstić information content (AvgIpc) is 3.11. The average molecular weight is 385 g/mol. The first-order chi connectivity index (χ1) is 12.9. The van der Waals surface area contributed by atoms with Crippen LogP contribution in [0.2, 0.25) is 0 Å². The SMILES string of the molecule is Cc1ccc(C(=O)CCC(=O)OC(C)C(=O)N2CCc3ccccc3C2)s1. The molecule has 1 aromatic carbocycles. The number of carbonyl (C=O) groups is 3. The molecule has 27 heavy (non-hydrogen) atoms. The minimum Gasteiger partial charge on any atom is -0.453 e. The summed E-state index contributed by atoms with van der Waals surface area (Å²) in [6.45, 7) is 4.67. The van der Waals surface area contributed by atoms with Crippen molar-refractivity contribution < 1.29 is 19.1 Å². The van der Waals surface area contributed by atoms with Gasteiger partial charge in [0.15, 0.2) is 11.9 Å². The molecule has 0 spiro atoms. The van der Waals surface area contributed by atoms with E-state index in [1.54, 1.807) is 17.9 Å². The lowest BCUT2D eigenvalue weighted by molar-refractivity contribution is -0.159. The molecule has 1 aliphatic heterocycles. The summed E-state index contributed by atoms with van der Waals surface area (Å²) in [6.07, 6.45) is 0.0338. The molecule has 0 radical (unpaired) electrons. The van der Waals surface area contributed by atoms with Crippen LogP contribution in [0, 0.1) is 6.92 Å². The molecule has 0 N–H and O–H groups in total. The molecule has 0 saturated heterocycles. The van der Waals surface area contributed by atoms with Crippen molar-refractivity contribution in [2.75, 3.05) is 6.54 Å². The molecule has 0 aliphatic carbocycles. The smallest absolute Gasteiger partial charge is 0.307 e. The van der Waals surface area contributed by atoms with Crippen LogP contribution in [0.5, 0.6) is 0 Å². The zero-order chi connectivity index (χ0) is 19.4. The van der Waals surface area contributed by atoms with E-state index in [0.29, 0.717) is 18.0 Å². The number of Topliss-reactive ketones (excluding diaryl/α,β-unsaturated/α-hetero) is 1. The number of ketones is 1. The molecule has 0 bridgehead atoms. The number of esters is 1. The third kappa shape index (κ3) is 4.83. The van der Waals surface area contributed by atoms with Crippen LogP contribution in [0.3, 0.4) is 0 Å². The Labute approximate surface area is 162 Å². The van der Waals surface area contributed by atoms with E-state index in [9.17, 15) is 14.4 Å². The van der Waals surface area contributed by atoms with Crippen LogP contribution in [-0.2, 0) is 27.3 Å². The van der Waals surface area contributed by atoms with Crippen molar-refractivity contribution >= 4 is 29.0 Å². The fourth-order valence-electron chi connectivity index (χ4n) is 3.17. The van der Waals surface area contributed by atoms with E-state index in [1.165, 1.54) is 16.9 Å². The number of rotatable bonds is 6. The van der Waals surface area contributed by atoms with E-state index in [4.69, 9.17) is 4.74 Å². The van der Waals surface area contributed by atoms with Gasteiger partial charge in [0.2, 0.25) is 0 Å². The van der Waals surface area contributed by atoms with Crippen molar-refractivity contribution in [2.45, 2.75) is 45.8 Å². The number of nitrogens with zero attached hydrogens (tertiary/aromatic N) is 1. The maximum Gasteiger partial charge on any atom is 0.307 e. The van der Waals surface area contributed by atoms with Crippen molar-refractivity contribution in [2.24, 2.45) is 0 Å². The number of hydrogen-bond acceptors (Lipinski definition) is 5. The first-order valence-corrected chi connectivity index (χ1v) is 9.90.